The van der Waals surface area contributed by atoms with E-state index in [2.05, 4.69) is 5.32 Å². The molecule has 2 heterocycles. The number of non-ortho nitro benzene ring substituents is 1. The molecular formula is C17H12ClN3O5. The number of rotatable bonds is 3. The van der Waals surface area contributed by atoms with Gasteiger partial charge in [0.15, 0.2) is 5.75 Å². The molecule has 2 amide bonds. The van der Waals surface area contributed by atoms with Gasteiger partial charge in [-0.15, -0.1) is 0 Å². The average molecular weight is 374 g/mol. The van der Waals surface area contributed by atoms with Gasteiger partial charge in [-0.25, -0.2) is 0 Å². The first kappa shape index (κ1) is 16.3. The highest BCUT2D eigenvalue weighted by atomic mass is 35.5. The van der Waals surface area contributed by atoms with Gasteiger partial charge in [-0.3, -0.25) is 24.6 Å². The first-order valence-electron chi connectivity index (χ1n) is 7.79. The van der Waals surface area contributed by atoms with Crippen molar-refractivity contribution in [3.63, 3.8) is 0 Å². The molecule has 4 rings (SSSR count). The van der Waals surface area contributed by atoms with E-state index in [0.717, 1.165) is 4.90 Å². The summed E-state index contributed by atoms with van der Waals surface area (Å²) in [6, 6.07) is 9.16. The topological polar surface area (TPSA) is 102 Å². The quantitative estimate of drug-likeness (QED) is 0.504. The molecule has 2 aromatic rings. The van der Waals surface area contributed by atoms with E-state index in [1.54, 1.807) is 24.3 Å². The van der Waals surface area contributed by atoms with Gasteiger partial charge < -0.3 is 10.1 Å². The number of imide groups is 1. The Morgan fingerprint density at radius 2 is 1.88 bits per heavy atom. The smallest absolute Gasteiger partial charge is 0.273 e. The van der Waals surface area contributed by atoms with Crippen molar-refractivity contribution in [2.45, 2.75) is 6.10 Å². The summed E-state index contributed by atoms with van der Waals surface area (Å²) in [6.07, 6.45) is -0.524. The highest BCUT2D eigenvalue weighted by Crippen LogP contribution is 2.40. The molecule has 1 atom stereocenters. The van der Waals surface area contributed by atoms with Crippen LogP contribution in [0.5, 0.6) is 5.75 Å². The molecule has 0 bridgehead atoms. The number of anilines is 1. The summed E-state index contributed by atoms with van der Waals surface area (Å²) in [5, 5.41) is 14.0. The number of nitro benzene ring substituents is 1. The minimum absolute atomic E-state index is 0.0477. The molecule has 2 aliphatic heterocycles. The van der Waals surface area contributed by atoms with E-state index >= 15 is 0 Å². The molecule has 0 spiro atoms. The van der Waals surface area contributed by atoms with Crippen molar-refractivity contribution in [3.8, 4) is 5.75 Å². The molecule has 26 heavy (non-hydrogen) atoms. The molecule has 0 aliphatic carbocycles. The molecule has 132 valence electrons. The predicted molar refractivity (Wildman–Crippen MR) is 92.8 cm³/mol. The summed E-state index contributed by atoms with van der Waals surface area (Å²) in [5.74, 6) is -0.463. The van der Waals surface area contributed by atoms with Gasteiger partial charge in [0.05, 0.1) is 39.8 Å². The molecule has 8 nitrogen and oxygen atoms in total. The Balaban J connectivity index is 1.55. The van der Waals surface area contributed by atoms with E-state index in [4.69, 9.17) is 16.3 Å². The Morgan fingerprint density at radius 1 is 1.23 bits per heavy atom. The van der Waals surface area contributed by atoms with Crippen molar-refractivity contribution in [2.24, 2.45) is 0 Å². The third-order valence-electron chi connectivity index (χ3n) is 4.31. The monoisotopic (exact) mass is 373 g/mol. The molecule has 9 heteroatoms. The van der Waals surface area contributed by atoms with Crippen LogP contribution in [0.2, 0.25) is 5.02 Å². The fraction of sp³-hybridized carbons (Fsp3) is 0.176. The summed E-state index contributed by atoms with van der Waals surface area (Å²) in [5.41, 5.74) is 0.997. The molecule has 0 fully saturated rings. The second kappa shape index (κ2) is 5.99. The molecule has 0 saturated carbocycles. The van der Waals surface area contributed by atoms with E-state index in [9.17, 15) is 19.7 Å². The average Bonchev–Trinajstić information content (AvgIpc) is 2.87. The minimum Gasteiger partial charge on any atom is -0.483 e. The molecule has 0 saturated heterocycles. The molecular weight excluding hydrogens is 362 g/mol. The number of nitrogens with one attached hydrogen (secondary N) is 1. The zero-order valence-corrected chi connectivity index (χ0v) is 14.0. The van der Waals surface area contributed by atoms with Crippen LogP contribution >= 0.6 is 11.6 Å². The Hall–Kier alpha value is -3.13. The second-order valence-corrected chi connectivity index (χ2v) is 6.36. The van der Waals surface area contributed by atoms with Gasteiger partial charge in [0, 0.05) is 12.1 Å². The van der Waals surface area contributed by atoms with Crippen LogP contribution in [0.3, 0.4) is 0 Å². The molecule has 2 aliphatic rings. The first-order chi connectivity index (χ1) is 12.5. The lowest BCUT2D eigenvalue weighted by Crippen LogP contribution is -2.44. The maximum atomic E-state index is 12.4. The van der Waals surface area contributed by atoms with Crippen molar-refractivity contribution >= 4 is 34.8 Å². The Kier molecular flexibility index (Phi) is 3.77. The first-order valence-corrected chi connectivity index (χ1v) is 8.17. The van der Waals surface area contributed by atoms with E-state index in [1.165, 1.54) is 12.1 Å². The Morgan fingerprint density at radius 3 is 2.50 bits per heavy atom. The maximum absolute atomic E-state index is 12.4. The third kappa shape index (κ3) is 2.55. The van der Waals surface area contributed by atoms with Gasteiger partial charge in [-0.1, -0.05) is 23.7 Å². The fourth-order valence-corrected chi connectivity index (χ4v) is 3.34. The highest BCUT2D eigenvalue weighted by molar-refractivity contribution is 6.32. The lowest BCUT2D eigenvalue weighted by Gasteiger charge is -2.30. The predicted octanol–water partition coefficient (Wildman–Crippen LogP) is 2.72. The molecule has 2 aromatic carbocycles. The summed E-state index contributed by atoms with van der Waals surface area (Å²) < 4.78 is 5.79. The van der Waals surface area contributed by atoms with Crippen LogP contribution in [0.15, 0.2) is 36.4 Å². The van der Waals surface area contributed by atoms with Crippen LogP contribution in [0, 0.1) is 10.1 Å². The second-order valence-electron chi connectivity index (χ2n) is 5.95. The van der Waals surface area contributed by atoms with E-state index < -0.39 is 11.0 Å². The van der Waals surface area contributed by atoms with Crippen LogP contribution in [-0.2, 0) is 0 Å². The zero-order chi connectivity index (χ0) is 18.4. The summed E-state index contributed by atoms with van der Waals surface area (Å²) in [7, 11) is 0. The standard InChI is InChI=1S/C17H12ClN3O5/c18-13-5-9(21(24)25)6-14-15(13)26-10(7-19-14)8-20-16(22)11-3-1-2-4-12(11)17(20)23/h1-6,10,19H,7-8H2. The minimum atomic E-state index is -0.543. The summed E-state index contributed by atoms with van der Waals surface area (Å²) in [6.45, 7) is 0.323. The number of fused-ring (bicyclic) bond motifs is 2. The number of ether oxygens (including phenoxy) is 1. The number of amides is 2. The number of carbonyl (C=O) groups excluding carboxylic acids is 2. The van der Waals surface area contributed by atoms with Crippen LogP contribution < -0.4 is 10.1 Å². The largest absolute Gasteiger partial charge is 0.483 e. The van der Waals surface area contributed by atoms with Gasteiger partial charge in [0.2, 0.25) is 0 Å². The van der Waals surface area contributed by atoms with Crippen LogP contribution in [-0.4, -0.2) is 40.8 Å². The fourth-order valence-electron chi connectivity index (χ4n) is 3.08. The SMILES string of the molecule is O=C1c2ccccc2C(=O)N1CC1CNc2cc([N+](=O)[O-])cc(Cl)c2O1. The number of hydrogen-bond donors (Lipinski definition) is 1. The Bertz CT molecular complexity index is 926. The number of nitrogens with zero attached hydrogens (tertiary/aromatic N) is 2. The van der Waals surface area contributed by atoms with Crippen LogP contribution in [0.25, 0.3) is 0 Å². The third-order valence-corrected chi connectivity index (χ3v) is 4.59. The number of hydrogen-bond acceptors (Lipinski definition) is 6. The van der Waals surface area contributed by atoms with Gasteiger partial charge >= 0.3 is 0 Å². The molecule has 0 radical (unpaired) electrons. The van der Waals surface area contributed by atoms with E-state index in [-0.39, 0.29) is 41.4 Å². The van der Waals surface area contributed by atoms with Crippen molar-refractivity contribution in [1.29, 1.82) is 0 Å². The van der Waals surface area contributed by atoms with Gasteiger partial charge in [-0.2, -0.15) is 0 Å². The lowest BCUT2D eigenvalue weighted by molar-refractivity contribution is -0.384. The van der Waals surface area contributed by atoms with Crippen LogP contribution in [0.4, 0.5) is 11.4 Å². The molecule has 1 unspecified atom stereocenters. The number of nitro groups is 1. The number of carbonyl (C=O) groups is 2. The van der Waals surface area contributed by atoms with Crippen molar-refractivity contribution in [3.05, 3.63) is 62.7 Å². The zero-order valence-electron chi connectivity index (χ0n) is 13.3. The van der Waals surface area contributed by atoms with Gasteiger partial charge in [0.1, 0.15) is 6.10 Å². The Labute approximate surface area is 152 Å². The molecule has 0 aromatic heterocycles. The highest BCUT2D eigenvalue weighted by Gasteiger charge is 2.37. The normalized spacial score (nSPS) is 18.0. The summed E-state index contributed by atoms with van der Waals surface area (Å²) >= 11 is 6.09. The summed E-state index contributed by atoms with van der Waals surface area (Å²) in [4.78, 5) is 36.4. The van der Waals surface area contributed by atoms with Crippen LogP contribution in [0.1, 0.15) is 20.7 Å². The van der Waals surface area contributed by atoms with Crippen molar-refractivity contribution in [2.75, 3.05) is 18.4 Å². The van der Waals surface area contributed by atoms with Gasteiger partial charge in [0.25, 0.3) is 17.5 Å². The number of benzene rings is 2. The van der Waals surface area contributed by atoms with Crippen molar-refractivity contribution in [1.82, 2.24) is 4.90 Å². The molecule has 1 N–H and O–H groups in total. The van der Waals surface area contributed by atoms with E-state index in [0.29, 0.717) is 16.8 Å². The van der Waals surface area contributed by atoms with Gasteiger partial charge in [-0.05, 0) is 12.1 Å². The number of halogens is 1. The maximum Gasteiger partial charge on any atom is 0.273 e. The lowest BCUT2D eigenvalue weighted by atomic mass is 10.1. The van der Waals surface area contributed by atoms with E-state index in [1.807, 2.05) is 0 Å². The van der Waals surface area contributed by atoms with Crippen molar-refractivity contribution < 1.29 is 19.2 Å².